The molecule has 1 amide bonds. The van der Waals surface area contributed by atoms with Crippen molar-refractivity contribution in [2.45, 2.75) is 20.3 Å². The zero-order valence-electron chi connectivity index (χ0n) is 11.8. The number of carbonyl (C=O) groups excluding carboxylic acids is 2. The smallest absolute Gasteiger partial charge is 0.311 e. The van der Waals surface area contributed by atoms with Crippen molar-refractivity contribution in [1.82, 2.24) is 9.97 Å². The lowest BCUT2D eigenvalue weighted by Crippen LogP contribution is -2.12. The summed E-state index contributed by atoms with van der Waals surface area (Å²) in [6.07, 6.45) is 1.62. The average Bonchev–Trinajstić information content (AvgIpc) is 2.86. The Morgan fingerprint density at radius 2 is 2.19 bits per heavy atom. The molecule has 0 aliphatic rings. The number of rotatable bonds is 5. The van der Waals surface area contributed by atoms with Crippen LogP contribution in [0.25, 0.3) is 0 Å². The van der Waals surface area contributed by atoms with Crippen molar-refractivity contribution in [3.8, 4) is 0 Å². The van der Waals surface area contributed by atoms with Crippen LogP contribution in [-0.4, -0.2) is 28.5 Å². The van der Waals surface area contributed by atoms with Gasteiger partial charge in [0.05, 0.1) is 24.3 Å². The lowest BCUT2D eigenvalue weighted by atomic mass is 10.2. The first kappa shape index (κ1) is 15.1. The van der Waals surface area contributed by atoms with Gasteiger partial charge in [-0.25, -0.2) is 4.98 Å². The topological polar surface area (TPSA) is 81.2 Å². The predicted octanol–water partition coefficient (Wildman–Crippen LogP) is 2.20. The second-order valence-electron chi connectivity index (χ2n) is 4.27. The van der Waals surface area contributed by atoms with Gasteiger partial charge in [-0.15, -0.1) is 11.3 Å². The number of amides is 1. The standard InChI is InChI=1S/C14H15N3O3S/c1-3-20-12(18)6-11-8-21-14(16-11)17-13(19)10-5-4-9(2)15-7-10/h4-5,7-8H,3,6H2,1-2H3,(H,16,17,19). The summed E-state index contributed by atoms with van der Waals surface area (Å²) in [6.45, 7) is 3.94. The number of nitrogens with zero attached hydrogens (tertiary/aromatic N) is 2. The number of anilines is 1. The lowest BCUT2D eigenvalue weighted by Gasteiger charge is -2.01. The molecule has 1 N–H and O–H groups in total. The Hall–Kier alpha value is -2.28. The molecule has 2 heterocycles. The number of pyridine rings is 1. The summed E-state index contributed by atoms with van der Waals surface area (Å²) in [5.74, 6) is -0.608. The third kappa shape index (κ3) is 4.35. The molecular weight excluding hydrogens is 290 g/mol. The third-order valence-corrected chi connectivity index (χ3v) is 3.38. The van der Waals surface area contributed by atoms with Crippen molar-refractivity contribution in [2.24, 2.45) is 0 Å². The molecule has 0 unspecified atom stereocenters. The highest BCUT2D eigenvalue weighted by Crippen LogP contribution is 2.17. The second-order valence-corrected chi connectivity index (χ2v) is 5.13. The van der Waals surface area contributed by atoms with E-state index in [9.17, 15) is 9.59 Å². The predicted molar refractivity (Wildman–Crippen MR) is 79.4 cm³/mol. The maximum atomic E-state index is 12.0. The van der Waals surface area contributed by atoms with E-state index in [-0.39, 0.29) is 18.3 Å². The van der Waals surface area contributed by atoms with E-state index in [4.69, 9.17) is 4.74 Å². The minimum Gasteiger partial charge on any atom is -0.466 e. The average molecular weight is 305 g/mol. The van der Waals surface area contributed by atoms with E-state index in [0.29, 0.717) is 23.0 Å². The van der Waals surface area contributed by atoms with E-state index in [1.807, 2.05) is 6.92 Å². The molecule has 0 atom stereocenters. The molecule has 0 saturated carbocycles. The Bertz CT molecular complexity index is 637. The molecule has 0 bridgehead atoms. The molecule has 2 aromatic heterocycles. The van der Waals surface area contributed by atoms with Crippen molar-refractivity contribution < 1.29 is 14.3 Å². The van der Waals surface area contributed by atoms with Crippen LogP contribution in [0.2, 0.25) is 0 Å². The van der Waals surface area contributed by atoms with Crippen molar-refractivity contribution >= 4 is 28.3 Å². The monoisotopic (exact) mass is 305 g/mol. The number of ether oxygens (including phenoxy) is 1. The number of nitrogens with one attached hydrogen (secondary N) is 1. The number of esters is 1. The maximum Gasteiger partial charge on any atom is 0.311 e. The molecule has 0 aromatic carbocycles. The van der Waals surface area contributed by atoms with Gasteiger partial charge >= 0.3 is 5.97 Å². The summed E-state index contributed by atoms with van der Waals surface area (Å²) in [5, 5.41) is 4.85. The van der Waals surface area contributed by atoms with Crippen molar-refractivity contribution in [2.75, 3.05) is 11.9 Å². The van der Waals surface area contributed by atoms with Gasteiger partial charge in [-0.3, -0.25) is 19.9 Å². The molecule has 110 valence electrons. The molecule has 0 spiro atoms. The Balaban J connectivity index is 1.97. The van der Waals surface area contributed by atoms with E-state index >= 15 is 0 Å². The van der Waals surface area contributed by atoms with Crippen LogP contribution in [0.5, 0.6) is 0 Å². The fraction of sp³-hybridized carbons (Fsp3) is 0.286. The molecule has 2 aromatic rings. The first-order valence-corrected chi connectivity index (χ1v) is 7.30. The van der Waals surface area contributed by atoms with E-state index in [1.54, 1.807) is 24.4 Å². The van der Waals surface area contributed by atoms with Gasteiger partial charge in [0, 0.05) is 17.3 Å². The van der Waals surface area contributed by atoms with Crippen molar-refractivity contribution in [3.63, 3.8) is 0 Å². The first-order valence-electron chi connectivity index (χ1n) is 6.42. The largest absolute Gasteiger partial charge is 0.466 e. The molecular formula is C14H15N3O3S. The normalized spacial score (nSPS) is 10.2. The number of hydrogen-bond acceptors (Lipinski definition) is 6. The van der Waals surface area contributed by atoms with Crippen molar-refractivity contribution in [3.05, 3.63) is 40.7 Å². The number of aromatic nitrogens is 2. The third-order valence-electron chi connectivity index (χ3n) is 2.58. The van der Waals surface area contributed by atoms with Crippen LogP contribution >= 0.6 is 11.3 Å². The van der Waals surface area contributed by atoms with Gasteiger partial charge in [-0.1, -0.05) is 0 Å². The van der Waals surface area contributed by atoms with Gasteiger partial charge in [-0.05, 0) is 26.0 Å². The minimum atomic E-state index is -0.330. The quantitative estimate of drug-likeness (QED) is 0.856. The van der Waals surface area contributed by atoms with Gasteiger partial charge in [0.25, 0.3) is 5.91 Å². The maximum absolute atomic E-state index is 12.0. The van der Waals surface area contributed by atoms with Crippen molar-refractivity contribution in [1.29, 1.82) is 0 Å². The zero-order valence-corrected chi connectivity index (χ0v) is 12.6. The van der Waals surface area contributed by atoms with Crippen LogP contribution in [0.1, 0.15) is 28.7 Å². The molecule has 0 radical (unpaired) electrons. The Morgan fingerprint density at radius 1 is 1.38 bits per heavy atom. The Kier molecular flexibility index (Phi) is 4.99. The fourth-order valence-electron chi connectivity index (χ4n) is 1.58. The lowest BCUT2D eigenvalue weighted by molar-refractivity contribution is -0.142. The van der Waals surface area contributed by atoms with Crippen LogP contribution < -0.4 is 5.32 Å². The summed E-state index contributed by atoms with van der Waals surface area (Å²) < 4.78 is 4.85. The summed E-state index contributed by atoms with van der Waals surface area (Å²) in [6, 6.07) is 3.47. The van der Waals surface area contributed by atoms with E-state index in [2.05, 4.69) is 15.3 Å². The molecule has 0 aliphatic carbocycles. The molecule has 7 heteroatoms. The summed E-state index contributed by atoms with van der Waals surface area (Å²) in [7, 11) is 0. The van der Waals surface area contributed by atoms with Gasteiger partial charge < -0.3 is 4.74 Å². The van der Waals surface area contributed by atoms with Crippen LogP contribution in [0.4, 0.5) is 5.13 Å². The van der Waals surface area contributed by atoms with Gasteiger partial charge in [-0.2, -0.15) is 0 Å². The summed E-state index contributed by atoms with van der Waals surface area (Å²) >= 11 is 1.26. The number of hydrogen-bond donors (Lipinski definition) is 1. The molecule has 6 nitrogen and oxygen atoms in total. The number of thiazole rings is 1. The highest BCUT2D eigenvalue weighted by atomic mass is 32.1. The molecule has 0 saturated heterocycles. The summed E-state index contributed by atoms with van der Waals surface area (Å²) in [4.78, 5) is 31.6. The fourth-order valence-corrected chi connectivity index (χ4v) is 2.28. The van der Waals surface area contributed by atoms with E-state index < -0.39 is 0 Å². The van der Waals surface area contributed by atoms with Crippen LogP contribution in [0, 0.1) is 6.92 Å². The Morgan fingerprint density at radius 3 is 2.86 bits per heavy atom. The van der Waals surface area contributed by atoms with Crippen LogP contribution in [0.3, 0.4) is 0 Å². The summed E-state index contributed by atoms with van der Waals surface area (Å²) in [5.41, 5.74) is 1.89. The van der Waals surface area contributed by atoms with E-state index in [1.165, 1.54) is 17.5 Å². The zero-order chi connectivity index (χ0) is 15.2. The SMILES string of the molecule is CCOC(=O)Cc1csc(NC(=O)c2ccc(C)nc2)n1. The van der Waals surface area contributed by atoms with Gasteiger partial charge in [0.15, 0.2) is 5.13 Å². The molecule has 0 fully saturated rings. The van der Waals surface area contributed by atoms with Crippen LogP contribution in [-0.2, 0) is 16.0 Å². The highest BCUT2D eigenvalue weighted by Gasteiger charge is 2.11. The number of carbonyl (C=O) groups is 2. The van der Waals surface area contributed by atoms with Gasteiger partial charge in [0.2, 0.25) is 0 Å². The first-order chi connectivity index (χ1) is 10.1. The number of aryl methyl sites for hydroxylation is 1. The Labute approximate surface area is 126 Å². The highest BCUT2D eigenvalue weighted by molar-refractivity contribution is 7.14. The molecule has 0 aliphatic heterocycles. The van der Waals surface area contributed by atoms with Crippen LogP contribution in [0.15, 0.2) is 23.7 Å². The minimum absolute atomic E-state index is 0.103. The second kappa shape index (κ2) is 6.94. The van der Waals surface area contributed by atoms with Gasteiger partial charge in [0.1, 0.15) is 0 Å². The molecule has 21 heavy (non-hydrogen) atoms. The van der Waals surface area contributed by atoms with E-state index in [0.717, 1.165) is 5.69 Å². The molecule has 2 rings (SSSR count).